The summed E-state index contributed by atoms with van der Waals surface area (Å²) in [5.41, 5.74) is 1.13. The van der Waals surface area contributed by atoms with Gasteiger partial charge in [-0.1, -0.05) is 63.3 Å². The molecule has 1 aliphatic rings. The fraction of sp³-hybridized carbons (Fsp3) is 0.471. The Morgan fingerprint density at radius 1 is 1.19 bits per heavy atom. The molecule has 1 aromatic carbocycles. The summed E-state index contributed by atoms with van der Waals surface area (Å²) in [4.78, 5) is 11.8. The molecule has 0 unspecified atom stereocenters. The number of carbonyl (C=O) groups is 1. The van der Waals surface area contributed by atoms with Crippen LogP contribution in [0.2, 0.25) is 18.1 Å². The third-order valence-corrected chi connectivity index (χ3v) is 8.87. The van der Waals surface area contributed by atoms with Crippen molar-refractivity contribution >= 4 is 20.3 Å². The molecule has 0 aromatic heterocycles. The molecule has 1 amide bonds. The van der Waals surface area contributed by atoms with Gasteiger partial charge in [0.15, 0.2) is 8.32 Å². The predicted octanol–water partition coefficient (Wildman–Crippen LogP) is 3.59. The van der Waals surface area contributed by atoms with Gasteiger partial charge in [-0.15, -0.1) is 0 Å². The maximum Gasteiger partial charge on any atom is 0.250 e. The minimum atomic E-state index is -1.92. The van der Waals surface area contributed by atoms with Crippen LogP contribution in [0.5, 0.6) is 0 Å². The zero-order valence-electron chi connectivity index (χ0n) is 13.5. The van der Waals surface area contributed by atoms with Crippen LogP contribution in [0.1, 0.15) is 26.3 Å². The Morgan fingerprint density at radius 3 is 2.33 bits per heavy atom. The van der Waals surface area contributed by atoms with Crippen LogP contribution in [-0.4, -0.2) is 26.4 Å². The third kappa shape index (κ3) is 3.63. The number of benzene rings is 1. The van der Waals surface area contributed by atoms with Crippen LogP contribution in [-0.2, 0) is 9.22 Å². The second kappa shape index (κ2) is 5.77. The standard InChI is InChI=1S/C17H25NO2Si/c1-17(2,3)21(4,5)20-15-14(18-16(15)19)12-11-13-9-7-6-8-10-13/h6-12,14-15H,1-5H3,(H,18,19)/b12-11+/t14-,15+/m1/s1. The van der Waals surface area contributed by atoms with Gasteiger partial charge in [0.05, 0.1) is 6.04 Å². The second-order valence-corrected chi connectivity index (χ2v) is 11.9. The minimum absolute atomic E-state index is 0.00235. The molecule has 0 bridgehead atoms. The van der Waals surface area contributed by atoms with Crippen molar-refractivity contribution in [1.82, 2.24) is 5.32 Å². The van der Waals surface area contributed by atoms with Crippen LogP contribution in [0, 0.1) is 0 Å². The number of nitrogens with one attached hydrogen (secondary N) is 1. The van der Waals surface area contributed by atoms with Crippen molar-refractivity contribution in [3.8, 4) is 0 Å². The molecular formula is C17H25NO2Si. The SMILES string of the molecule is CC(C)(C)[Si](C)(C)O[C@@H]1C(=O)N[C@@H]1/C=C/c1ccccc1. The van der Waals surface area contributed by atoms with Crippen LogP contribution in [0.25, 0.3) is 6.08 Å². The molecule has 114 valence electrons. The van der Waals surface area contributed by atoms with Gasteiger partial charge in [-0.2, -0.15) is 0 Å². The molecule has 1 heterocycles. The Hall–Kier alpha value is -1.39. The van der Waals surface area contributed by atoms with E-state index in [-0.39, 0.29) is 23.1 Å². The van der Waals surface area contributed by atoms with Gasteiger partial charge >= 0.3 is 0 Å². The highest BCUT2D eigenvalue weighted by Crippen LogP contribution is 2.38. The maximum atomic E-state index is 11.8. The fourth-order valence-corrected chi connectivity index (χ4v) is 3.18. The number of rotatable bonds is 4. The minimum Gasteiger partial charge on any atom is -0.403 e. The van der Waals surface area contributed by atoms with E-state index in [1.54, 1.807) is 0 Å². The Balaban J connectivity index is 2.03. The molecule has 3 nitrogen and oxygen atoms in total. The van der Waals surface area contributed by atoms with Crippen molar-refractivity contribution in [1.29, 1.82) is 0 Å². The Morgan fingerprint density at radius 2 is 1.81 bits per heavy atom. The lowest BCUT2D eigenvalue weighted by Crippen LogP contribution is -2.65. The number of amides is 1. The molecule has 0 spiro atoms. The molecule has 0 radical (unpaired) electrons. The monoisotopic (exact) mass is 303 g/mol. The maximum absolute atomic E-state index is 11.8. The van der Waals surface area contributed by atoms with Crippen LogP contribution >= 0.6 is 0 Å². The van der Waals surface area contributed by atoms with E-state index in [1.165, 1.54) is 0 Å². The van der Waals surface area contributed by atoms with E-state index in [0.717, 1.165) is 5.56 Å². The van der Waals surface area contributed by atoms with E-state index in [0.29, 0.717) is 0 Å². The van der Waals surface area contributed by atoms with Crippen LogP contribution in [0.3, 0.4) is 0 Å². The Kier molecular flexibility index (Phi) is 4.40. The topological polar surface area (TPSA) is 38.3 Å². The van der Waals surface area contributed by atoms with Gasteiger partial charge in [-0.3, -0.25) is 4.79 Å². The first-order valence-electron chi connectivity index (χ1n) is 7.42. The lowest BCUT2D eigenvalue weighted by Gasteiger charge is -2.44. The molecule has 0 saturated carbocycles. The summed E-state index contributed by atoms with van der Waals surface area (Å²) in [6.07, 6.45) is 3.71. The first-order valence-corrected chi connectivity index (χ1v) is 10.3. The van der Waals surface area contributed by atoms with Gasteiger partial charge < -0.3 is 9.74 Å². The second-order valence-electron chi connectivity index (χ2n) is 7.10. The predicted molar refractivity (Wildman–Crippen MR) is 89.5 cm³/mol. The molecule has 1 aliphatic heterocycles. The summed E-state index contributed by atoms with van der Waals surface area (Å²) < 4.78 is 6.23. The van der Waals surface area contributed by atoms with Crippen LogP contribution in [0.4, 0.5) is 0 Å². The summed E-state index contributed by atoms with van der Waals surface area (Å²) >= 11 is 0. The zero-order chi connectivity index (χ0) is 15.7. The zero-order valence-corrected chi connectivity index (χ0v) is 14.5. The lowest BCUT2D eigenvalue weighted by atomic mass is 10.0. The molecule has 0 aliphatic carbocycles. The highest BCUT2D eigenvalue weighted by atomic mass is 28.4. The first kappa shape index (κ1) is 16.0. The number of β-lactam (4-membered cyclic amide) rings is 1. The van der Waals surface area contributed by atoms with E-state index >= 15 is 0 Å². The molecule has 2 atom stereocenters. The third-order valence-electron chi connectivity index (χ3n) is 4.42. The smallest absolute Gasteiger partial charge is 0.250 e. The summed E-state index contributed by atoms with van der Waals surface area (Å²) in [6.45, 7) is 10.9. The molecule has 1 aromatic rings. The molecule has 1 fully saturated rings. The van der Waals surface area contributed by atoms with Crippen molar-refractivity contribution in [2.45, 2.75) is 51.0 Å². The van der Waals surface area contributed by atoms with Crippen molar-refractivity contribution in [2.24, 2.45) is 0 Å². The number of hydrogen-bond acceptors (Lipinski definition) is 2. The van der Waals surface area contributed by atoms with E-state index in [1.807, 2.05) is 42.5 Å². The molecule has 1 N–H and O–H groups in total. The largest absolute Gasteiger partial charge is 0.403 e. The molecule has 1 saturated heterocycles. The number of hydrogen-bond donors (Lipinski definition) is 1. The van der Waals surface area contributed by atoms with E-state index in [4.69, 9.17) is 4.43 Å². The van der Waals surface area contributed by atoms with Gasteiger partial charge in [0.1, 0.15) is 6.10 Å². The molecule has 2 rings (SSSR count). The highest BCUT2D eigenvalue weighted by molar-refractivity contribution is 6.74. The molecule has 4 heteroatoms. The first-order chi connectivity index (χ1) is 9.71. The summed E-state index contributed by atoms with van der Waals surface area (Å²) in [5.74, 6) is 0.00235. The van der Waals surface area contributed by atoms with Crippen LogP contribution < -0.4 is 5.32 Å². The molecule has 21 heavy (non-hydrogen) atoms. The van der Waals surface area contributed by atoms with Crippen LogP contribution in [0.15, 0.2) is 36.4 Å². The van der Waals surface area contributed by atoms with Crippen molar-refractivity contribution < 1.29 is 9.22 Å². The number of carbonyl (C=O) groups excluding carboxylic acids is 1. The van der Waals surface area contributed by atoms with Gasteiger partial charge in [0.2, 0.25) is 0 Å². The average Bonchev–Trinajstić information content (AvgIpc) is 2.41. The van der Waals surface area contributed by atoms with E-state index < -0.39 is 8.32 Å². The van der Waals surface area contributed by atoms with Gasteiger partial charge in [0, 0.05) is 0 Å². The average molecular weight is 303 g/mol. The quantitative estimate of drug-likeness (QED) is 0.682. The van der Waals surface area contributed by atoms with Crippen molar-refractivity contribution in [2.75, 3.05) is 0 Å². The van der Waals surface area contributed by atoms with E-state index in [9.17, 15) is 4.79 Å². The normalized spacial score (nSPS) is 23.0. The summed E-state index contributed by atoms with van der Waals surface area (Å²) in [5, 5.41) is 3.02. The van der Waals surface area contributed by atoms with Gasteiger partial charge in [-0.05, 0) is 23.7 Å². The molecular weight excluding hydrogens is 278 g/mol. The van der Waals surface area contributed by atoms with Gasteiger partial charge in [-0.25, -0.2) is 0 Å². The fourth-order valence-electron chi connectivity index (χ4n) is 1.94. The van der Waals surface area contributed by atoms with Crippen molar-refractivity contribution in [3.05, 3.63) is 42.0 Å². The lowest BCUT2D eigenvalue weighted by molar-refractivity contribution is -0.138. The Labute approximate surface area is 128 Å². The highest BCUT2D eigenvalue weighted by Gasteiger charge is 2.46. The Bertz CT molecular complexity index is 531. The summed E-state index contributed by atoms with van der Waals surface area (Å²) in [7, 11) is -1.92. The summed E-state index contributed by atoms with van der Waals surface area (Å²) in [6, 6.07) is 10.1. The van der Waals surface area contributed by atoms with Gasteiger partial charge in [0.25, 0.3) is 5.91 Å². The van der Waals surface area contributed by atoms with E-state index in [2.05, 4.69) is 39.2 Å². The van der Waals surface area contributed by atoms with Crippen molar-refractivity contribution in [3.63, 3.8) is 0 Å².